The first-order valence-corrected chi connectivity index (χ1v) is 8.51. The SMILES string of the molecule is C=C(C)CN(CC)C(=O)CN1CCC(C(=O)NCCCO)CC1. The fraction of sp³-hybridized carbons (Fsp3) is 0.765. The fourth-order valence-corrected chi connectivity index (χ4v) is 2.78. The number of carbonyl (C=O) groups is 2. The molecule has 0 bridgehead atoms. The highest BCUT2D eigenvalue weighted by molar-refractivity contribution is 5.79. The van der Waals surface area contributed by atoms with Crippen molar-refractivity contribution in [3.8, 4) is 0 Å². The molecule has 0 aromatic rings. The maximum Gasteiger partial charge on any atom is 0.237 e. The number of nitrogens with one attached hydrogen (secondary N) is 1. The molecule has 23 heavy (non-hydrogen) atoms. The standard InChI is InChI=1S/C17H31N3O3/c1-4-20(12-14(2)3)16(22)13-19-9-6-15(7-10-19)17(23)18-8-5-11-21/h15,21H,2,4-13H2,1,3H3,(H,18,23). The smallest absolute Gasteiger partial charge is 0.237 e. The summed E-state index contributed by atoms with van der Waals surface area (Å²) in [5.41, 5.74) is 0.985. The van der Waals surface area contributed by atoms with Crippen LogP contribution in [0.3, 0.4) is 0 Å². The number of rotatable bonds is 9. The number of hydrogen-bond acceptors (Lipinski definition) is 4. The van der Waals surface area contributed by atoms with Crippen molar-refractivity contribution in [1.82, 2.24) is 15.1 Å². The van der Waals surface area contributed by atoms with E-state index in [2.05, 4.69) is 16.8 Å². The first-order chi connectivity index (χ1) is 11.0. The minimum Gasteiger partial charge on any atom is -0.396 e. The zero-order chi connectivity index (χ0) is 17.2. The number of amides is 2. The Morgan fingerprint density at radius 1 is 1.35 bits per heavy atom. The van der Waals surface area contributed by atoms with Gasteiger partial charge in [0.15, 0.2) is 0 Å². The van der Waals surface area contributed by atoms with Gasteiger partial charge in [0.05, 0.1) is 6.54 Å². The molecule has 0 spiro atoms. The van der Waals surface area contributed by atoms with Crippen molar-refractivity contribution in [1.29, 1.82) is 0 Å². The molecule has 1 saturated heterocycles. The van der Waals surface area contributed by atoms with Gasteiger partial charge in [0.2, 0.25) is 11.8 Å². The minimum atomic E-state index is 0.0257. The molecule has 1 rings (SSSR count). The van der Waals surface area contributed by atoms with Crippen molar-refractivity contribution in [2.45, 2.75) is 33.1 Å². The number of aliphatic hydroxyl groups is 1. The van der Waals surface area contributed by atoms with Gasteiger partial charge in [-0.3, -0.25) is 14.5 Å². The van der Waals surface area contributed by atoms with Crippen molar-refractivity contribution >= 4 is 11.8 Å². The summed E-state index contributed by atoms with van der Waals surface area (Å²) in [6.45, 7) is 11.7. The third-order valence-corrected chi connectivity index (χ3v) is 4.15. The summed E-state index contributed by atoms with van der Waals surface area (Å²) in [6, 6.07) is 0. The van der Waals surface area contributed by atoms with Crippen LogP contribution in [-0.2, 0) is 9.59 Å². The van der Waals surface area contributed by atoms with Gasteiger partial charge in [-0.2, -0.15) is 0 Å². The van der Waals surface area contributed by atoms with Gasteiger partial charge >= 0.3 is 0 Å². The van der Waals surface area contributed by atoms with E-state index in [1.165, 1.54) is 0 Å². The number of piperidine rings is 1. The van der Waals surface area contributed by atoms with E-state index in [9.17, 15) is 9.59 Å². The van der Waals surface area contributed by atoms with Crippen LogP contribution in [0.5, 0.6) is 0 Å². The maximum absolute atomic E-state index is 12.3. The van der Waals surface area contributed by atoms with Crippen molar-refractivity contribution in [3.63, 3.8) is 0 Å². The molecular weight excluding hydrogens is 294 g/mol. The number of likely N-dealkylation sites (tertiary alicyclic amines) is 1. The van der Waals surface area contributed by atoms with E-state index in [0.29, 0.717) is 32.6 Å². The van der Waals surface area contributed by atoms with Crippen LogP contribution in [-0.4, -0.2) is 72.6 Å². The van der Waals surface area contributed by atoms with Gasteiger partial charge in [-0.1, -0.05) is 12.2 Å². The van der Waals surface area contributed by atoms with Crippen LogP contribution in [0, 0.1) is 5.92 Å². The molecule has 0 atom stereocenters. The van der Waals surface area contributed by atoms with E-state index < -0.39 is 0 Å². The lowest BCUT2D eigenvalue weighted by Gasteiger charge is -2.32. The van der Waals surface area contributed by atoms with Crippen LogP contribution in [0.1, 0.15) is 33.1 Å². The highest BCUT2D eigenvalue weighted by atomic mass is 16.3. The first kappa shape index (κ1) is 19.6. The molecule has 1 heterocycles. The summed E-state index contributed by atoms with van der Waals surface area (Å²) in [6.07, 6.45) is 2.16. The Morgan fingerprint density at radius 2 is 2.00 bits per heavy atom. The minimum absolute atomic E-state index is 0.0257. The van der Waals surface area contributed by atoms with Crippen LogP contribution in [0.2, 0.25) is 0 Å². The van der Waals surface area contributed by atoms with Gasteiger partial charge < -0.3 is 15.3 Å². The molecular formula is C17H31N3O3. The normalized spacial score (nSPS) is 16.1. The molecule has 0 aliphatic carbocycles. The molecule has 1 aliphatic heterocycles. The topological polar surface area (TPSA) is 72.9 Å². The lowest BCUT2D eigenvalue weighted by atomic mass is 9.96. The van der Waals surface area contributed by atoms with E-state index in [0.717, 1.165) is 31.5 Å². The van der Waals surface area contributed by atoms with Gasteiger partial charge in [0.1, 0.15) is 0 Å². The summed E-state index contributed by atoms with van der Waals surface area (Å²) in [7, 11) is 0. The quantitative estimate of drug-likeness (QED) is 0.481. The van der Waals surface area contributed by atoms with E-state index >= 15 is 0 Å². The van der Waals surface area contributed by atoms with Crippen LogP contribution in [0.25, 0.3) is 0 Å². The molecule has 0 aromatic carbocycles. The number of aliphatic hydroxyl groups excluding tert-OH is 1. The Hall–Kier alpha value is -1.40. The van der Waals surface area contributed by atoms with Gasteiger partial charge in [0.25, 0.3) is 0 Å². The Kier molecular flexibility index (Phi) is 8.87. The third kappa shape index (κ3) is 7.14. The average molecular weight is 325 g/mol. The molecule has 0 aromatic heterocycles. The molecule has 0 unspecified atom stereocenters. The van der Waals surface area contributed by atoms with Crippen molar-refractivity contribution in [2.24, 2.45) is 5.92 Å². The summed E-state index contributed by atoms with van der Waals surface area (Å²) in [5.74, 6) is 0.223. The number of likely N-dealkylation sites (N-methyl/N-ethyl adjacent to an activating group) is 1. The summed E-state index contributed by atoms with van der Waals surface area (Å²) in [5, 5.41) is 11.6. The second-order valence-electron chi connectivity index (χ2n) is 6.28. The molecule has 1 fully saturated rings. The molecule has 6 heteroatoms. The van der Waals surface area contributed by atoms with Gasteiger partial charge in [-0.15, -0.1) is 0 Å². The lowest BCUT2D eigenvalue weighted by Crippen LogP contribution is -2.46. The molecule has 2 amide bonds. The van der Waals surface area contributed by atoms with E-state index in [1.807, 2.05) is 18.7 Å². The number of nitrogens with zero attached hydrogens (tertiary/aromatic N) is 2. The van der Waals surface area contributed by atoms with E-state index in [4.69, 9.17) is 5.11 Å². The van der Waals surface area contributed by atoms with Gasteiger partial charge in [-0.05, 0) is 46.2 Å². The van der Waals surface area contributed by atoms with Crippen molar-refractivity contribution < 1.29 is 14.7 Å². The maximum atomic E-state index is 12.3. The Bertz CT molecular complexity index is 404. The average Bonchev–Trinajstić information content (AvgIpc) is 2.53. The molecule has 2 N–H and O–H groups in total. The summed E-state index contributed by atoms with van der Waals surface area (Å²) < 4.78 is 0. The summed E-state index contributed by atoms with van der Waals surface area (Å²) in [4.78, 5) is 28.2. The Labute approximate surface area is 139 Å². The number of carbonyl (C=O) groups excluding carboxylic acids is 2. The largest absolute Gasteiger partial charge is 0.396 e. The second-order valence-corrected chi connectivity index (χ2v) is 6.28. The van der Waals surface area contributed by atoms with E-state index in [1.54, 1.807) is 0 Å². The van der Waals surface area contributed by atoms with Crippen LogP contribution < -0.4 is 5.32 Å². The zero-order valence-corrected chi connectivity index (χ0v) is 14.5. The second kappa shape index (κ2) is 10.4. The summed E-state index contributed by atoms with van der Waals surface area (Å²) >= 11 is 0. The molecule has 0 saturated carbocycles. The van der Waals surface area contributed by atoms with Crippen molar-refractivity contribution in [2.75, 3.05) is 45.9 Å². The van der Waals surface area contributed by atoms with Crippen molar-refractivity contribution in [3.05, 3.63) is 12.2 Å². The predicted octanol–water partition coefficient (Wildman–Crippen LogP) is 0.622. The van der Waals surface area contributed by atoms with E-state index in [-0.39, 0.29) is 24.3 Å². The molecule has 1 aliphatic rings. The third-order valence-electron chi connectivity index (χ3n) is 4.15. The lowest BCUT2D eigenvalue weighted by molar-refractivity contribution is -0.132. The van der Waals surface area contributed by atoms with Crippen LogP contribution in [0.4, 0.5) is 0 Å². The fourth-order valence-electron chi connectivity index (χ4n) is 2.78. The molecule has 6 nitrogen and oxygen atoms in total. The van der Waals surface area contributed by atoms with Crippen LogP contribution in [0.15, 0.2) is 12.2 Å². The predicted molar refractivity (Wildman–Crippen MR) is 90.9 cm³/mol. The first-order valence-electron chi connectivity index (χ1n) is 8.51. The highest BCUT2D eigenvalue weighted by Crippen LogP contribution is 2.17. The Morgan fingerprint density at radius 3 is 2.52 bits per heavy atom. The number of hydrogen-bond donors (Lipinski definition) is 2. The van der Waals surface area contributed by atoms with Crippen LogP contribution >= 0.6 is 0 Å². The monoisotopic (exact) mass is 325 g/mol. The molecule has 132 valence electrons. The molecule has 0 radical (unpaired) electrons. The van der Waals surface area contributed by atoms with Gasteiger partial charge in [-0.25, -0.2) is 0 Å². The zero-order valence-electron chi connectivity index (χ0n) is 14.5. The van der Waals surface area contributed by atoms with Gasteiger partial charge in [0, 0.05) is 32.2 Å². The highest BCUT2D eigenvalue weighted by Gasteiger charge is 2.26. The Balaban J connectivity index is 2.34.